The zero-order valence-corrected chi connectivity index (χ0v) is 26.5. The number of aromatic nitrogens is 3. The maximum Gasteiger partial charge on any atom is 0.416 e. The number of alkyl halides is 3. The Morgan fingerprint density at radius 2 is 1.74 bits per heavy atom. The fraction of sp³-hybridized carbons (Fsp3) is 0.438. The molecule has 2 aliphatic rings. The highest BCUT2D eigenvalue weighted by atomic mass is 19.4. The number of benzene rings is 1. The van der Waals surface area contributed by atoms with Crippen LogP contribution in [0, 0.1) is 5.82 Å². The molecule has 0 unspecified atom stereocenters. The molecule has 1 saturated heterocycles. The molecule has 46 heavy (non-hydrogen) atoms. The van der Waals surface area contributed by atoms with E-state index >= 15 is 4.39 Å². The van der Waals surface area contributed by atoms with Crippen LogP contribution >= 0.6 is 0 Å². The minimum absolute atomic E-state index is 0.112. The van der Waals surface area contributed by atoms with E-state index in [1.165, 1.54) is 12.1 Å². The van der Waals surface area contributed by atoms with Crippen molar-refractivity contribution in [3.63, 3.8) is 0 Å². The van der Waals surface area contributed by atoms with Crippen LogP contribution in [0.5, 0.6) is 0 Å². The highest BCUT2D eigenvalue weighted by molar-refractivity contribution is 6.05. The molecule has 2 aromatic heterocycles. The van der Waals surface area contributed by atoms with Crippen LogP contribution in [0.15, 0.2) is 47.5 Å². The zero-order valence-electron chi connectivity index (χ0n) is 26.5. The number of hydrogen-bond acceptors (Lipinski definition) is 8. The second-order valence-corrected chi connectivity index (χ2v) is 12.3. The summed E-state index contributed by atoms with van der Waals surface area (Å²) < 4.78 is 56.1. The van der Waals surface area contributed by atoms with Gasteiger partial charge in [-0.05, 0) is 65.2 Å². The van der Waals surface area contributed by atoms with Crippen LogP contribution in [0.3, 0.4) is 0 Å². The van der Waals surface area contributed by atoms with Gasteiger partial charge in [0, 0.05) is 74.4 Å². The molecule has 3 aromatic rings. The van der Waals surface area contributed by atoms with Crippen LogP contribution in [-0.4, -0.2) is 90.1 Å². The average molecular weight is 643 g/mol. The first-order valence-electron chi connectivity index (χ1n) is 15.0. The molecule has 2 N–H and O–H groups in total. The molecule has 0 radical (unpaired) electrons. The van der Waals surface area contributed by atoms with E-state index in [0.29, 0.717) is 68.5 Å². The molecular formula is C32H38F4N8O2. The van der Waals surface area contributed by atoms with Gasteiger partial charge in [0.2, 0.25) is 11.5 Å². The number of anilines is 3. The minimum Gasteiger partial charge on any atom is -0.367 e. The maximum absolute atomic E-state index is 15.9. The van der Waals surface area contributed by atoms with E-state index in [9.17, 15) is 22.8 Å². The van der Waals surface area contributed by atoms with Crippen LogP contribution in [-0.2, 0) is 12.7 Å². The fourth-order valence-corrected chi connectivity index (χ4v) is 5.84. The number of hydrogen-bond donors (Lipinski definition) is 2. The third-order valence-electron chi connectivity index (χ3n) is 8.48. The predicted octanol–water partition coefficient (Wildman–Crippen LogP) is 4.46. The summed E-state index contributed by atoms with van der Waals surface area (Å²) in [6, 6.07) is 4.10. The van der Waals surface area contributed by atoms with E-state index in [1.807, 2.05) is 55.8 Å². The molecular weight excluding hydrogens is 604 g/mol. The lowest BCUT2D eigenvalue weighted by Crippen LogP contribution is -2.55. The summed E-state index contributed by atoms with van der Waals surface area (Å²) in [7, 11) is 5.93. The van der Waals surface area contributed by atoms with E-state index < -0.39 is 34.7 Å². The van der Waals surface area contributed by atoms with Gasteiger partial charge in [-0.15, -0.1) is 0 Å². The third-order valence-corrected chi connectivity index (χ3v) is 8.48. The highest BCUT2D eigenvalue weighted by Crippen LogP contribution is 2.36. The molecule has 5 rings (SSSR count). The Bertz CT molecular complexity index is 1660. The molecule has 1 amide bonds. The minimum atomic E-state index is -4.82. The Balaban J connectivity index is 1.46. The van der Waals surface area contributed by atoms with Crippen molar-refractivity contribution in [2.45, 2.75) is 45.1 Å². The first-order chi connectivity index (χ1) is 21.7. The van der Waals surface area contributed by atoms with Crippen molar-refractivity contribution >= 4 is 28.8 Å². The largest absolute Gasteiger partial charge is 0.416 e. The number of amides is 1. The second kappa shape index (κ2) is 13.2. The molecule has 1 aromatic carbocycles. The Labute approximate surface area is 264 Å². The molecule has 0 spiro atoms. The molecule has 0 saturated carbocycles. The number of aromatic amines is 1. The van der Waals surface area contributed by atoms with Gasteiger partial charge in [0.1, 0.15) is 11.5 Å². The number of carbonyl (C=O) groups is 1. The van der Waals surface area contributed by atoms with Gasteiger partial charge in [-0.2, -0.15) is 13.2 Å². The SMILES string of the molecule is C[C@@H]1CN(c2cc(F)c(C3=CCN(c4ncc(CN(C)C)cn4)CC3)cc2NC(=O)c2cc(C(F)(F)F)cc(=O)[nH]2)C[C@H](C)N1C. The Morgan fingerprint density at radius 3 is 2.33 bits per heavy atom. The number of piperazine rings is 1. The average Bonchev–Trinajstić information content (AvgIpc) is 2.99. The number of likely N-dealkylation sites (N-methyl/N-ethyl adjacent to an activating group) is 1. The quantitative estimate of drug-likeness (QED) is 0.365. The van der Waals surface area contributed by atoms with Crippen molar-refractivity contribution in [2.75, 3.05) is 62.4 Å². The fourth-order valence-electron chi connectivity index (χ4n) is 5.84. The molecule has 2 atom stereocenters. The van der Waals surface area contributed by atoms with Gasteiger partial charge in [-0.3, -0.25) is 14.5 Å². The van der Waals surface area contributed by atoms with E-state index in [1.54, 1.807) is 12.4 Å². The summed E-state index contributed by atoms with van der Waals surface area (Å²) in [5.41, 5.74) is -0.252. The number of nitrogens with zero attached hydrogens (tertiary/aromatic N) is 6. The van der Waals surface area contributed by atoms with Gasteiger partial charge in [-0.1, -0.05) is 6.08 Å². The van der Waals surface area contributed by atoms with Crippen molar-refractivity contribution in [2.24, 2.45) is 0 Å². The lowest BCUT2D eigenvalue weighted by atomic mass is 9.97. The molecule has 4 heterocycles. The predicted molar refractivity (Wildman–Crippen MR) is 170 cm³/mol. The number of nitrogens with one attached hydrogen (secondary N) is 2. The monoisotopic (exact) mass is 642 g/mol. The first kappa shape index (κ1) is 33.1. The molecule has 10 nitrogen and oxygen atoms in total. The van der Waals surface area contributed by atoms with Crippen molar-refractivity contribution in [3.8, 4) is 0 Å². The van der Waals surface area contributed by atoms with Crippen molar-refractivity contribution < 1.29 is 22.4 Å². The number of carbonyl (C=O) groups excluding carboxylic acids is 1. The summed E-state index contributed by atoms with van der Waals surface area (Å²) in [5, 5.41) is 2.67. The van der Waals surface area contributed by atoms with Gasteiger partial charge >= 0.3 is 6.18 Å². The van der Waals surface area contributed by atoms with Crippen molar-refractivity contribution in [1.29, 1.82) is 0 Å². The van der Waals surface area contributed by atoms with E-state index in [-0.39, 0.29) is 23.3 Å². The molecule has 246 valence electrons. The Morgan fingerprint density at radius 1 is 1.07 bits per heavy atom. The van der Waals surface area contributed by atoms with Gasteiger partial charge in [-0.25, -0.2) is 14.4 Å². The number of H-pyrrole nitrogens is 1. The van der Waals surface area contributed by atoms with Crippen molar-refractivity contribution in [3.05, 3.63) is 81.3 Å². The van der Waals surface area contributed by atoms with Crippen LogP contribution < -0.4 is 20.7 Å². The molecule has 0 bridgehead atoms. The second-order valence-electron chi connectivity index (χ2n) is 12.3. The molecule has 0 aliphatic carbocycles. The normalized spacial score (nSPS) is 19.4. The van der Waals surface area contributed by atoms with Crippen molar-refractivity contribution in [1.82, 2.24) is 24.8 Å². The van der Waals surface area contributed by atoms with E-state index in [4.69, 9.17) is 0 Å². The Hall–Kier alpha value is -4.30. The summed E-state index contributed by atoms with van der Waals surface area (Å²) in [4.78, 5) is 44.6. The van der Waals surface area contributed by atoms with Crippen LogP contribution in [0.2, 0.25) is 0 Å². The van der Waals surface area contributed by atoms with E-state index in [0.717, 1.165) is 5.56 Å². The van der Waals surface area contributed by atoms with Crippen LogP contribution in [0.25, 0.3) is 5.57 Å². The maximum atomic E-state index is 15.9. The van der Waals surface area contributed by atoms with Gasteiger partial charge in [0.05, 0.1) is 16.9 Å². The summed E-state index contributed by atoms with van der Waals surface area (Å²) in [6.07, 6.45) is 1.11. The van der Waals surface area contributed by atoms with Crippen LogP contribution in [0.1, 0.15) is 47.4 Å². The summed E-state index contributed by atoms with van der Waals surface area (Å²) >= 11 is 0. The molecule has 14 heteroatoms. The van der Waals surface area contributed by atoms with E-state index in [2.05, 4.69) is 25.2 Å². The summed E-state index contributed by atoms with van der Waals surface area (Å²) in [5.74, 6) is -0.866. The lowest BCUT2D eigenvalue weighted by Gasteiger charge is -2.44. The Kier molecular flexibility index (Phi) is 9.49. The standard InChI is InChI=1S/C32H38F4N8O2/c1-19-16-44(17-20(2)42(19)5)28-13-25(33)24(12-26(28)40-30(46)27-10-23(32(34,35)36)11-29(45)39-27)22-6-8-43(9-7-22)31-37-14-21(15-38-31)18-41(3)4/h6,10-15,19-20H,7-9,16-18H2,1-5H3,(H,39,45)(H,40,46)/t19-,20+. The first-order valence-corrected chi connectivity index (χ1v) is 15.0. The zero-order chi connectivity index (χ0) is 33.3. The lowest BCUT2D eigenvalue weighted by molar-refractivity contribution is -0.137. The number of halogens is 4. The highest BCUT2D eigenvalue weighted by Gasteiger charge is 2.33. The summed E-state index contributed by atoms with van der Waals surface area (Å²) in [6.45, 7) is 6.83. The topological polar surface area (TPSA) is 101 Å². The number of pyridine rings is 1. The smallest absolute Gasteiger partial charge is 0.367 e. The third kappa shape index (κ3) is 7.39. The van der Waals surface area contributed by atoms with Crippen LogP contribution in [0.4, 0.5) is 34.9 Å². The molecule has 2 aliphatic heterocycles. The number of rotatable bonds is 7. The van der Waals surface area contributed by atoms with Gasteiger partial charge in [0.15, 0.2) is 0 Å². The molecule has 1 fully saturated rings. The van der Waals surface area contributed by atoms with Gasteiger partial charge < -0.3 is 25.0 Å². The van der Waals surface area contributed by atoms with Gasteiger partial charge in [0.25, 0.3) is 5.91 Å².